The van der Waals surface area contributed by atoms with Crippen molar-refractivity contribution in [3.63, 3.8) is 0 Å². The monoisotopic (exact) mass is 502 g/mol. The van der Waals surface area contributed by atoms with Crippen molar-refractivity contribution >= 4 is 28.5 Å². The van der Waals surface area contributed by atoms with Crippen molar-refractivity contribution in [1.82, 2.24) is 4.90 Å². The van der Waals surface area contributed by atoms with Crippen LogP contribution in [0.25, 0.3) is 0 Å². The molecule has 2 aliphatic rings. The average Bonchev–Trinajstić information content (AvgIpc) is 3.12. The lowest BCUT2D eigenvalue weighted by atomic mass is 9.75. The molecule has 1 unspecified atom stereocenters. The summed E-state index contributed by atoms with van der Waals surface area (Å²) in [6.45, 7) is 8.34. The van der Waals surface area contributed by atoms with Gasteiger partial charge in [0.2, 0.25) is 0 Å². The topological polar surface area (TPSA) is 122 Å². The Bertz CT molecular complexity index is 901. The Kier molecular flexibility index (Phi) is 8.13. The van der Waals surface area contributed by atoms with Gasteiger partial charge < -0.3 is 24.6 Å². The lowest BCUT2D eigenvalue weighted by Gasteiger charge is -2.39. The van der Waals surface area contributed by atoms with Crippen molar-refractivity contribution in [3.8, 4) is 5.75 Å². The average molecular weight is 503 g/mol. The zero-order chi connectivity index (χ0) is 24.6. The van der Waals surface area contributed by atoms with Gasteiger partial charge in [-0.3, -0.25) is 9.93 Å². The molecule has 2 saturated heterocycles. The summed E-state index contributed by atoms with van der Waals surface area (Å²) in [5, 5.41) is 26.4. The molecule has 33 heavy (non-hydrogen) atoms. The van der Waals surface area contributed by atoms with E-state index < -0.39 is 27.6 Å². The highest BCUT2D eigenvalue weighted by atomic mass is 35.5. The van der Waals surface area contributed by atoms with Gasteiger partial charge in [0.05, 0.1) is 28.9 Å². The van der Waals surface area contributed by atoms with Gasteiger partial charge in [-0.15, -0.1) is 0 Å². The minimum absolute atomic E-state index is 0.0456. The Labute approximate surface area is 203 Å². The summed E-state index contributed by atoms with van der Waals surface area (Å²) in [6.07, 6.45) is 1.30. The van der Waals surface area contributed by atoms with E-state index in [2.05, 4.69) is 0 Å². The molecule has 2 heterocycles. The number of benzene rings is 1. The van der Waals surface area contributed by atoms with Gasteiger partial charge in [0, 0.05) is 18.1 Å². The molecule has 2 aliphatic heterocycles. The number of aromatic hydroxyl groups is 1. The molecule has 1 aromatic rings. The Morgan fingerprint density at radius 2 is 2.00 bits per heavy atom. The van der Waals surface area contributed by atoms with Gasteiger partial charge in [-0.05, 0) is 82.1 Å². The minimum Gasteiger partial charge on any atom is -0.508 e. The number of phenols is 1. The molecule has 8 nitrogen and oxygen atoms in total. The number of nitrogens with zero attached hydrogens (tertiary/aromatic N) is 1. The van der Waals surface area contributed by atoms with E-state index >= 15 is 0 Å². The van der Waals surface area contributed by atoms with Crippen LogP contribution in [0.5, 0.6) is 5.75 Å². The zero-order valence-electron chi connectivity index (χ0n) is 19.7. The summed E-state index contributed by atoms with van der Waals surface area (Å²) < 4.78 is 22.8. The highest BCUT2D eigenvalue weighted by Gasteiger charge is 2.41. The molecule has 4 N–H and O–H groups in total. The van der Waals surface area contributed by atoms with Crippen molar-refractivity contribution in [1.29, 1.82) is 0 Å². The highest BCUT2D eigenvalue weighted by molar-refractivity contribution is 7.84. The van der Waals surface area contributed by atoms with Gasteiger partial charge in [-0.1, -0.05) is 11.6 Å². The highest BCUT2D eigenvalue weighted by Crippen LogP contribution is 2.44. The molecular formula is C23H35ClN2O6S. The van der Waals surface area contributed by atoms with Crippen molar-refractivity contribution in [2.45, 2.75) is 76.1 Å². The lowest BCUT2D eigenvalue weighted by Crippen LogP contribution is -2.46. The van der Waals surface area contributed by atoms with E-state index in [0.717, 1.165) is 0 Å². The molecule has 0 aliphatic carbocycles. The molecule has 0 spiro atoms. The third kappa shape index (κ3) is 6.07. The molecule has 1 aromatic carbocycles. The van der Waals surface area contributed by atoms with Crippen LogP contribution in [0, 0.1) is 5.92 Å². The van der Waals surface area contributed by atoms with Crippen LogP contribution in [0.3, 0.4) is 0 Å². The molecule has 0 radical (unpaired) electrons. The molecule has 1 amide bonds. The molecule has 0 bridgehead atoms. The van der Waals surface area contributed by atoms with Crippen molar-refractivity contribution in [2.24, 2.45) is 11.1 Å². The maximum Gasteiger partial charge on any atom is 0.254 e. The third-order valence-electron chi connectivity index (χ3n) is 6.73. The smallest absolute Gasteiger partial charge is 0.254 e. The standard InChI is InChI=1S/C23H35ClN2O6S/c1-22(2,33(25)30)11-17(16-10-18(24)15(12-27)9-19(16)28)14-5-7-26(8-6-14)21(29)20-13-31-23(3,4)32-20/h9-10,14,17,20,27-28H,5-8,11-13,25H2,1-4H3/t17-,20-,33?/m1/s1. The van der Waals surface area contributed by atoms with Gasteiger partial charge in [0.1, 0.15) is 5.75 Å². The maximum atomic E-state index is 12.9. The Balaban J connectivity index is 1.79. The number of aliphatic hydroxyl groups excluding tert-OH is 1. The summed E-state index contributed by atoms with van der Waals surface area (Å²) in [6, 6.07) is 3.17. The van der Waals surface area contributed by atoms with Crippen LogP contribution in [0.15, 0.2) is 12.1 Å². The van der Waals surface area contributed by atoms with E-state index in [1.807, 2.05) is 13.8 Å². The molecule has 3 rings (SSSR count). The number of carbonyl (C=O) groups excluding carboxylic acids is 1. The first-order valence-electron chi connectivity index (χ1n) is 11.2. The largest absolute Gasteiger partial charge is 0.508 e. The Morgan fingerprint density at radius 3 is 2.52 bits per heavy atom. The van der Waals surface area contributed by atoms with E-state index in [-0.39, 0.29) is 36.7 Å². The fourth-order valence-electron chi connectivity index (χ4n) is 4.72. The number of amides is 1. The molecule has 186 valence electrons. The number of hydrogen-bond acceptors (Lipinski definition) is 6. The predicted molar refractivity (Wildman–Crippen MR) is 127 cm³/mol. The molecule has 10 heteroatoms. The van der Waals surface area contributed by atoms with Gasteiger partial charge >= 0.3 is 0 Å². The number of nitrogens with two attached hydrogens (primary N) is 1. The van der Waals surface area contributed by atoms with Crippen molar-refractivity contribution < 1.29 is 28.7 Å². The van der Waals surface area contributed by atoms with Crippen LogP contribution in [-0.4, -0.2) is 61.6 Å². The number of phenolic OH excluding ortho intramolecular Hbond substituents is 1. The van der Waals surface area contributed by atoms with Gasteiger partial charge in [0.15, 0.2) is 11.9 Å². The SMILES string of the molecule is CC1(C)OC[C@H](C(=O)N2CCC([C@@H](CC(C)(C)S(N)=O)c3cc(Cl)c(CO)cc3O)CC2)O1. The summed E-state index contributed by atoms with van der Waals surface area (Å²) in [5.74, 6) is -0.831. The maximum absolute atomic E-state index is 12.9. The first kappa shape index (κ1) is 26.4. The summed E-state index contributed by atoms with van der Waals surface area (Å²) in [5.41, 5.74) is 1.09. The first-order chi connectivity index (χ1) is 15.3. The lowest BCUT2D eigenvalue weighted by molar-refractivity contribution is -0.161. The number of ether oxygens (including phenoxy) is 2. The van der Waals surface area contributed by atoms with Crippen LogP contribution in [-0.2, 0) is 31.9 Å². The normalized spacial score (nSPS) is 23.5. The van der Waals surface area contributed by atoms with Crippen LogP contribution >= 0.6 is 11.6 Å². The van der Waals surface area contributed by atoms with Crippen LogP contribution in [0.1, 0.15) is 64.0 Å². The van der Waals surface area contributed by atoms with Gasteiger partial charge in [-0.2, -0.15) is 0 Å². The van der Waals surface area contributed by atoms with Crippen LogP contribution in [0.4, 0.5) is 0 Å². The third-order valence-corrected chi connectivity index (χ3v) is 8.33. The summed E-state index contributed by atoms with van der Waals surface area (Å²) in [7, 11) is -1.57. The van der Waals surface area contributed by atoms with E-state index in [9.17, 15) is 19.2 Å². The van der Waals surface area contributed by atoms with Crippen molar-refractivity contribution in [3.05, 3.63) is 28.3 Å². The second-order valence-corrected chi connectivity index (χ2v) is 12.1. The molecular weight excluding hydrogens is 468 g/mol. The minimum atomic E-state index is -1.57. The number of piperidine rings is 1. The number of likely N-dealkylation sites (tertiary alicyclic amines) is 1. The van der Waals surface area contributed by atoms with E-state index in [1.165, 1.54) is 6.07 Å². The molecule has 0 aromatic heterocycles. The summed E-state index contributed by atoms with van der Waals surface area (Å²) in [4.78, 5) is 14.7. The van der Waals surface area contributed by atoms with Crippen LogP contribution < -0.4 is 5.14 Å². The molecule has 3 atom stereocenters. The Hall–Kier alpha value is -1.23. The van der Waals surface area contributed by atoms with E-state index in [0.29, 0.717) is 48.5 Å². The summed E-state index contributed by atoms with van der Waals surface area (Å²) >= 11 is 6.34. The Morgan fingerprint density at radius 1 is 1.36 bits per heavy atom. The molecule has 0 saturated carbocycles. The van der Waals surface area contributed by atoms with Crippen LogP contribution in [0.2, 0.25) is 5.02 Å². The number of carbonyl (C=O) groups is 1. The van der Waals surface area contributed by atoms with Gasteiger partial charge in [0.25, 0.3) is 5.91 Å². The quantitative estimate of drug-likeness (QED) is 0.527. The van der Waals surface area contributed by atoms with E-state index in [4.69, 9.17) is 26.2 Å². The first-order valence-corrected chi connectivity index (χ1v) is 12.8. The van der Waals surface area contributed by atoms with E-state index in [1.54, 1.807) is 24.8 Å². The fraction of sp³-hybridized carbons (Fsp3) is 0.696. The number of halogens is 1. The zero-order valence-corrected chi connectivity index (χ0v) is 21.2. The molecule has 2 fully saturated rings. The van der Waals surface area contributed by atoms with Crippen molar-refractivity contribution in [2.75, 3.05) is 19.7 Å². The second-order valence-electron chi connectivity index (χ2n) is 10.0. The fourth-order valence-corrected chi connectivity index (χ4v) is 5.29. The number of aliphatic hydroxyl groups is 1. The predicted octanol–water partition coefficient (Wildman–Crippen LogP) is 2.80. The number of hydrogen-bond donors (Lipinski definition) is 3. The second kappa shape index (κ2) is 10.2. The number of rotatable bonds is 7. The van der Waals surface area contributed by atoms with Gasteiger partial charge in [-0.25, -0.2) is 4.21 Å².